The van der Waals surface area contributed by atoms with Crippen LogP contribution in [0.1, 0.15) is 27.7 Å². The van der Waals surface area contributed by atoms with E-state index >= 15 is 0 Å². The summed E-state index contributed by atoms with van der Waals surface area (Å²) in [4.78, 5) is 61.8. The summed E-state index contributed by atoms with van der Waals surface area (Å²) in [5, 5.41) is 94.7. The van der Waals surface area contributed by atoms with Gasteiger partial charge in [0.25, 0.3) is 12.4 Å². The Labute approximate surface area is 354 Å². The van der Waals surface area contributed by atoms with Gasteiger partial charge < -0.3 is 104 Å². The highest BCUT2D eigenvalue weighted by Gasteiger charge is 2.57. The number of aliphatic hydroxyl groups is 8. The molecule has 4 saturated heterocycles. The van der Waals surface area contributed by atoms with Crippen LogP contribution in [0.3, 0.4) is 0 Å². The number of ether oxygens (including phenoxy) is 10. The van der Waals surface area contributed by atoms with Crippen molar-refractivity contribution in [2.24, 2.45) is 0 Å². The fourth-order valence-electron chi connectivity index (χ4n) is 7.27. The smallest absolute Gasteiger partial charge is 0.333 e. The van der Waals surface area contributed by atoms with Gasteiger partial charge in [-0.2, -0.15) is 0 Å². The number of hydrogen-bond acceptors (Lipinski definition) is 23. The lowest BCUT2D eigenvalue weighted by atomic mass is 9.92. The van der Waals surface area contributed by atoms with Crippen molar-refractivity contribution in [1.29, 1.82) is 0 Å². The van der Waals surface area contributed by atoms with Gasteiger partial charge >= 0.3 is 5.97 Å². The van der Waals surface area contributed by atoms with Gasteiger partial charge in [0.1, 0.15) is 85.9 Å². The third kappa shape index (κ3) is 12.0. The van der Waals surface area contributed by atoms with Crippen molar-refractivity contribution in [2.45, 2.75) is 150 Å². The molecule has 3 amide bonds. The molecule has 0 spiro atoms. The molecule has 0 bridgehead atoms. The van der Waals surface area contributed by atoms with Gasteiger partial charge in [0.2, 0.25) is 18.1 Å². The molecule has 11 N–H and O–H groups in total. The Kier molecular flexibility index (Phi) is 18.9. The van der Waals surface area contributed by atoms with E-state index < -0.39 is 160 Å². The molecular formula is C36H57N3O23. The number of aliphatic hydroxyl groups excluding tert-OH is 8. The second-order valence-electron chi connectivity index (χ2n) is 14.9. The molecule has 0 radical (unpaired) electrons. The summed E-state index contributed by atoms with van der Waals surface area (Å²) in [6, 6.07) is -2.84. The molecule has 4 rings (SSSR count). The SMILES string of the molecule is C=C(C)C(=O)OCCNC(=O)C1OC(OC2C(O)C(CO)OC(C)C2NC(C)=O)C(O)C(O)C1OC1OC(CO)C(O)C(OC2OC(OC=O)C(OC)C(O)C2O)C1NC(C)=O. The molecule has 4 aliphatic rings. The molecule has 62 heavy (non-hydrogen) atoms. The maximum atomic E-state index is 13.9. The summed E-state index contributed by atoms with van der Waals surface area (Å²) in [5.41, 5.74) is 0.0620. The molecule has 4 aliphatic heterocycles. The van der Waals surface area contributed by atoms with Crippen molar-refractivity contribution in [1.82, 2.24) is 16.0 Å². The Balaban J connectivity index is 1.69. The zero-order valence-corrected chi connectivity index (χ0v) is 34.4. The molecule has 354 valence electrons. The Bertz CT molecular complexity index is 1540. The van der Waals surface area contributed by atoms with Crippen molar-refractivity contribution in [3.05, 3.63) is 12.2 Å². The highest BCUT2D eigenvalue weighted by Crippen LogP contribution is 2.35. The standard InChI is InChI=1S/C36H57N3O23/c1-12(2)32(52)54-8-7-37-31(51)30-28(22(47)24(49)34(61-30)58-26-18(38-14(4)43)13(3)56-16(9-40)20(26)45)60-33-19(39-15(5)44)27(21(46)17(10-41)57-33)59-35-25(50)23(48)29(53-6)36(62-35)55-11-42/h11,13,16-30,33-36,40-41,45-50H,1,7-10H2,2-6H3,(H,37,51)(H,38,43)(H,39,44). The lowest BCUT2D eigenvalue weighted by Gasteiger charge is -2.50. The summed E-state index contributed by atoms with van der Waals surface area (Å²) in [7, 11) is 1.12. The van der Waals surface area contributed by atoms with Gasteiger partial charge in [0.05, 0.1) is 31.9 Å². The number of nitrogens with one attached hydrogen (secondary N) is 3. The molecule has 26 nitrogen and oxygen atoms in total. The van der Waals surface area contributed by atoms with Crippen molar-refractivity contribution in [3.8, 4) is 0 Å². The van der Waals surface area contributed by atoms with E-state index in [-0.39, 0.29) is 25.2 Å². The zero-order valence-electron chi connectivity index (χ0n) is 34.4. The number of hydrogen-bond donors (Lipinski definition) is 11. The first-order valence-electron chi connectivity index (χ1n) is 19.4. The van der Waals surface area contributed by atoms with E-state index in [0.717, 1.165) is 14.0 Å². The highest BCUT2D eigenvalue weighted by molar-refractivity contribution is 5.87. The number of carbonyl (C=O) groups is 5. The average Bonchev–Trinajstić information content (AvgIpc) is 3.22. The van der Waals surface area contributed by atoms with Crippen LogP contribution in [0.5, 0.6) is 0 Å². The minimum absolute atomic E-state index is 0.0322. The Morgan fingerprint density at radius 1 is 0.661 bits per heavy atom. The molecule has 4 heterocycles. The molecule has 20 unspecified atom stereocenters. The maximum absolute atomic E-state index is 13.9. The van der Waals surface area contributed by atoms with Gasteiger partial charge in [0, 0.05) is 26.5 Å². The number of rotatable bonds is 18. The number of amides is 3. The Morgan fingerprint density at radius 2 is 1.18 bits per heavy atom. The molecule has 0 saturated carbocycles. The third-order valence-corrected chi connectivity index (χ3v) is 10.4. The second-order valence-corrected chi connectivity index (χ2v) is 14.9. The van der Waals surface area contributed by atoms with Gasteiger partial charge in [-0.25, -0.2) is 4.79 Å². The Hall–Kier alpha value is -3.55. The first kappa shape index (κ1) is 51.1. The normalized spacial score (nSPS) is 41.0. The summed E-state index contributed by atoms with van der Waals surface area (Å²) < 4.78 is 55.6. The molecule has 20 atom stereocenters. The molecule has 4 fully saturated rings. The van der Waals surface area contributed by atoms with E-state index in [1.807, 2.05) is 0 Å². The predicted octanol–water partition coefficient (Wildman–Crippen LogP) is -7.36. The van der Waals surface area contributed by atoms with Crippen LogP contribution in [0, 0.1) is 0 Å². The highest BCUT2D eigenvalue weighted by atomic mass is 16.8. The zero-order chi connectivity index (χ0) is 46.2. The van der Waals surface area contributed by atoms with Crippen LogP contribution in [-0.2, 0) is 71.3 Å². The topological polar surface area (TPSA) is 376 Å². The molecule has 0 aromatic rings. The van der Waals surface area contributed by atoms with Crippen LogP contribution in [0.15, 0.2) is 12.2 Å². The lowest BCUT2D eigenvalue weighted by Crippen LogP contribution is -2.71. The third-order valence-electron chi connectivity index (χ3n) is 10.4. The predicted molar refractivity (Wildman–Crippen MR) is 197 cm³/mol. The fraction of sp³-hybridized carbons (Fsp3) is 0.806. The molecule has 26 heteroatoms. The van der Waals surface area contributed by atoms with Crippen LogP contribution in [0.2, 0.25) is 0 Å². The van der Waals surface area contributed by atoms with Gasteiger partial charge in [-0.1, -0.05) is 6.58 Å². The summed E-state index contributed by atoms with van der Waals surface area (Å²) in [6.07, 6.45) is -31.8. The Morgan fingerprint density at radius 3 is 1.71 bits per heavy atom. The number of carbonyl (C=O) groups excluding carboxylic acids is 5. The molecule has 0 aromatic carbocycles. The van der Waals surface area contributed by atoms with Crippen LogP contribution in [0.25, 0.3) is 0 Å². The molecular weight excluding hydrogens is 842 g/mol. The molecule has 0 aromatic heterocycles. The van der Waals surface area contributed by atoms with Crippen LogP contribution >= 0.6 is 0 Å². The van der Waals surface area contributed by atoms with Crippen LogP contribution in [0.4, 0.5) is 0 Å². The van der Waals surface area contributed by atoms with Gasteiger partial charge in [-0.15, -0.1) is 0 Å². The van der Waals surface area contributed by atoms with Gasteiger partial charge in [0.15, 0.2) is 25.0 Å². The quantitative estimate of drug-likeness (QED) is 0.0263. The van der Waals surface area contributed by atoms with Gasteiger partial charge in [-0.3, -0.25) is 19.2 Å². The van der Waals surface area contributed by atoms with E-state index in [2.05, 4.69) is 22.5 Å². The van der Waals surface area contributed by atoms with E-state index in [0.29, 0.717) is 0 Å². The van der Waals surface area contributed by atoms with E-state index in [1.54, 1.807) is 0 Å². The molecule has 0 aliphatic carbocycles. The average molecular weight is 900 g/mol. The summed E-state index contributed by atoms with van der Waals surface area (Å²) in [6.45, 7) is 6.12. The van der Waals surface area contributed by atoms with E-state index in [4.69, 9.17) is 47.4 Å². The second kappa shape index (κ2) is 22.9. The van der Waals surface area contributed by atoms with Crippen LogP contribution in [-0.4, -0.2) is 227 Å². The number of esters is 1. The fourth-order valence-corrected chi connectivity index (χ4v) is 7.27. The van der Waals surface area contributed by atoms with Crippen molar-refractivity contribution < 1.29 is 112 Å². The van der Waals surface area contributed by atoms with E-state index in [9.17, 15) is 64.8 Å². The minimum atomic E-state index is -2.20. The van der Waals surface area contributed by atoms with E-state index in [1.165, 1.54) is 20.8 Å². The monoisotopic (exact) mass is 899 g/mol. The number of methoxy groups -OCH3 is 1. The first-order chi connectivity index (χ1) is 29.3. The maximum Gasteiger partial charge on any atom is 0.333 e. The van der Waals surface area contributed by atoms with Crippen molar-refractivity contribution in [2.75, 3.05) is 33.5 Å². The first-order valence-corrected chi connectivity index (χ1v) is 19.4. The minimum Gasteiger partial charge on any atom is -0.460 e. The summed E-state index contributed by atoms with van der Waals surface area (Å²) >= 11 is 0. The van der Waals surface area contributed by atoms with Crippen molar-refractivity contribution in [3.63, 3.8) is 0 Å². The van der Waals surface area contributed by atoms with Gasteiger partial charge in [-0.05, 0) is 13.8 Å². The lowest BCUT2D eigenvalue weighted by molar-refractivity contribution is -0.379. The largest absolute Gasteiger partial charge is 0.460 e. The van der Waals surface area contributed by atoms with Crippen LogP contribution < -0.4 is 16.0 Å². The summed E-state index contributed by atoms with van der Waals surface area (Å²) in [5.74, 6) is -3.26. The van der Waals surface area contributed by atoms with Crippen molar-refractivity contribution >= 4 is 30.2 Å².